The van der Waals surface area contributed by atoms with E-state index in [4.69, 9.17) is 4.74 Å². The average Bonchev–Trinajstić information content (AvgIpc) is 2.46. The van der Waals surface area contributed by atoms with E-state index in [0.29, 0.717) is 13.2 Å². The van der Waals surface area contributed by atoms with Crippen LogP contribution >= 0.6 is 0 Å². The quantitative estimate of drug-likeness (QED) is 0.811. The van der Waals surface area contributed by atoms with E-state index in [0.717, 1.165) is 17.1 Å². The van der Waals surface area contributed by atoms with Crippen LogP contribution in [0.1, 0.15) is 17.5 Å². The number of rotatable bonds is 4. The number of anilines is 1. The van der Waals surface area contributed by atoms with Crippen molar-refractivity contribution in [2.24, 2.45) is 0 Å². The molecular weight excluding hydrogens is 304 g/mol. The monoisotopic (exact) mass is 328 g/mol. The van der Waals surface area contributed by atoms with Crippen molar-refractivity contribution in [1.29, 1.82) is 0 Å². The number of pyridine rings is 1. The van der Waals surface area contributed by atoms with Crippen LogP contribution in [0.2, 0.25) is 0 Å². The molecule has 22 heavy (non-hydrogen) atoms. The van der Waals surface area contributed by atoms with Crippen LogP contribution in [-0.2, 0) is 14.9 Å². The summed E-state index contributed by atoms with van der Waals surface area (Å²) in [5, 5.41) is 0. The van der Waals surface area contributed by atoms with Crippen molar-refractivity contribution < 1.29 is 13.2 Å². The fraction of sp³-hybridized carbons (Fsp3) is 0.643. The maximum atomic E-state index is 12.3. The van der Waals surface area contributed by atoms with Crippen molar-refractivity contribution in [2.75, 3.05) is 52.8 Å². The molecule has 1 aliphatic rings. The Bertz CT molecular complexity index is 631. The van der Waals surface area contributed by atoms with E-state index in [1.165, 1.54) is 22.7 Å². The van der Waals surface area contributed by atoms with Crippen LogP contribution in [0.5, 0.6) is 0 Å². The zero-order valence-electron chi connectivity index (χ0n) is 13.8. The van der Waals surface area contributed by atoms with E-state index in [1.807, 2.05) is 38.1 Å². The van der Waals surface area contributed by atoms with Crippen LogP contribution in [0.3, 0.4) is 0 Å². The summed E-state index contributed by atoms with van der Waals surface area (Å²) in [6.45, 7) is 2.94. The van der Waals surface area contributed by atoms with E-state index in [1.54, 1.807) is 0 Å². The summed E-state index contributed by atoms with van der Waals surface area (Å²) in [6.07, 6.45) is -0.345. The van der Waals surface area contributed by atoms with Crippen molar-refractivity contribution >= 4 is 15.9 Å². The molecule has 0 aromatic carbocycles. The maximum Gasteiger partial charge on any atom is 0.281 e. The van der Waals surface area contributed by atoms with E-state index < -0.39 is 10.2 Å². The van der Waals surface area contributed by atoms with Crippen molar-refractivity contribution in [1.82, 2.24) is 13.6 Å². The summed E-state index contributed by atoms with van der Waals surface area (Å²) >= 11 is 0. The molecule has 0 aliphatic carbocycles. The zero-order valence-corrected chi connectivity index (χ0v) is 14.6. The van der Waals surface area contributed by atoms with Gasteiger partial charge in [-0.2, -0.15) is 17.0 Å². The van der Waals surface area contributed by atoms with Gasteiger partial charge in [-0.1, -0.05) is 0 Å². The Morgan fingerprint density at radius 1 is 1.27 bits per heavy atom. The van der Waals surface area contributed by atoms with Crippen molar-refractivity contribution in [3.05, 3.63) is 23.5 Å². The lowest BCUT2D eigenvalue weighted by atomic mass is 10.1. The number of hydrogen-bond donors (Lipinski definition) is 0. The Labute approximate surface area is 132 Å². The Balaban J connectivity index is 2.27. The van der Waals surface area contributed by atoms with E-state index in [9.17, 15) is 8.42 Å². The first-order valence-electron chi connectivity index (χ1n) is 7.17. The lowest BCUT2D eigenvalue weighted by Gasteiger charge is -2.33. The first kappa shape index (κ1) is 17.1. The van der Waals surface area contributed by atoms with Gasteiger partial charge in [0.2, 0.25) is 0 Å². The molecule has 0 unspecified atom stereocenters. The van der Waals surface area contributed by atoms with Gasteiger partial charge in [0.25, 0.3) is 10.2 Å². The molecule has 0 spiro atoms. The minimum absolute atomic E-state index is 0.282. The Kier molecular flexibility index (Phi) is 5.06. The molecule has 1 aromatic rings. The number of aryl methyl sites for hydroxylation is 1. The fourth-order valence-corrected chi connectivity index (χ4v) is 3.43. The second-order valence-corrected chi connectivity index (χ2v) is 7.94. The van der Waals surface area contributed by atoms with Gasteiger partial charge < -0.3 is 9.64 Å². The Morgan fingerprint density at radius 2 is 1.95 bits per heavy atom. The topological polar surface area (TPSA) is 66.0 Å². The molecule has 1 aromatic heterocycles. The third-order valence-corrected chi connectivity index (χ3v) is 5.53. The van der Waals surface area contributed by atoms with Gasteiger partial charge in [0.05, 0.1) is 12.3 Å². The second-order valence-electron chi connectivity index (χ2n) is 5.79. The van der Waals surface area contributed by atoms with Crippen molar-refractivity contribution in [3.63, 3.8) is 0 Å². The average molecular weight is 328 g/mol. The molecule has 0 N–H and O–H groups in total. The molecule has 0 radical (unpaired) electrons. The Hall–Kier alpha value is -1.22. The smallest absolute Gasteiger partial charge is 0.281 e. The SMILES string of the molecule is Cc1cc(N(C)C)cc([C@H]2CN(S(=O)(=O)N(C)C)CCO2)n1. The zero-order chi connectivity index (χ0) is 16.5. The second kappa shape index (κ2) is 6.49. The lowest BCUT2D eigenvalue weighted by molar-refractivity contribution is -0.00627. The first-order valence-corrected chi connectivity index (χ1v) is 8.56. The molecule has 1 saturated heterocycles. The van der Waals surface area contributed by atoms with Gasteiger partial charge in [0.15, 0.2) is 0 Å². The highest BCUT2D eigenvalue weighted by atomic mass is 32.2. The molecule has 1 fully saturated rings. The molecule has 2 heterocycles. The molecule has 1 aliphatic heterocycles. The van der Waals surface area contributed by atoms with Crippen molar-refractivity contribution in [2.45, 2.75) is 13.0 Å². The number of morpholine rings is 1. The lowest BCUT2D eigenvalue weighted by Crippen LogP contribution is -2.47. The van der Waals surface area contributed by atoms with Gasteiger partial charge >= 0.3 is 0 Å². The minimum atomic E-state index is -3.43. The molecule has 1 atom stereocenters. The maximum absolute atomic E-state index is 12.3. The van der Waals surface area contributed by atoms with Crippen LogP contribution in [-0.4, -0.2) is 69.9 Å². The summed E-state index contributed by atoms with van der Waals surface area (Å²) in [5.41, 5.74) is 2.68. The van der Waals surface area contributed by atoms with E-state index in [2.05, 4.69) is 4.98 Å². The standard InChI is InChI=1S/C14H24N4O3S/c1-11-8-12(16(2)3)9-13(15-11)14-10-18(6-7-21-14)22(19,20)17(4)5/h8-9,14H,6-7,10H2,1-5H3/t14-/m1/s1. The van der Waals surface area contributed by atoms with Gasteiger partial charge in [-0.15, -0.1) is 0 Å². The van der Waals surface area contributed by atoms with Crippen LogP contribution in [0, 0.1) is 6.92 Å². The molecule has 7 nitrogen and oxygen atoms in total. The molecular formula is C14H24N4O3S. The third-order valence-electron chi connectivity index (χ3n) is 3.62. The molecule has 0 saturated carbocycles. The van der Waals surface area contributed by atoms with Crippen LogP contribution in [0.25, 0.3) is 0 Å². The van der Waals surface area contributed by atoms with Crippen LogP contribution < -0.4 is 4.90 Å². The summed E-state index contributed by atoms with van der Waals surface area (Å²) in [6, 6.07) is 3.93. The number of hydrogen-bond acceptors (Lipinski definition) is 5. The molecule has 0 amide bonds. The summed E-state index contributed by atoms with van der Waals surface area (Å²) in [7, 11) is 3.57. The molecule has 0 bridgehead atoms. The minimum Gasteiger partial charge on any atom is -0.378 e. The molecule has 2 rings (SSSR count). The van der Waals surface area contributed by atoms with E-state index in [-0.39, 0.29) is 12.6 Å². The summed E-state index contributed by atoms with van der Waals surface area (Å²) < 4.78 is 33.0. The van der Waals surface area contributed by atoms with Gasteiger partial charge in [0, 0.05) is 52.7 Å². The summed E-state index contributed by atoms with van der Waals surface area (Å²) in [4.78, 5) is 6.51. The first-order chi connectivity index (χ1) is 10.2. The van der Waals surface area contributed by atoms with Crippen LogP contribution in [0.4, 0.5) is 5.69 Å². The highest BCUT2D eigenvalue weighted by Gasteiger charge is 2.32. The van der Waals surface area contributed by atoms with Crippen LogP contribution in [0.15, 0.2) is 12.1 Å². The number of nitrogens with zero attached hydrogens (tertiary/aromatic N) is 4. The third kappa shape index (κ3) is 3.57. The van der Waals surface area contributed by atoms with Gasteiger partial charge in [0.1, 0.15) is 6.10 Å². The highest BCUT2D eigenvalue weighted by Crippen LogP contribution is 2.26. The normalized spacial score (nSPS) is 20.4. The summed E-state index contributed by atoms with van der Waals surface area (Å²) in [5.74, 6) is 0. The number of aromatic nitrogens is 1. The number of ether oxygens (including phenoxy) is 1. The predicted molar refractivity (Wildman–Crippen MR) is 86.2 cm³/mol. The van der Waals surface area contributed by atoms with E-state index >= 15 is 0 Å². The Morgan fingerprint density at radius 3 is 2.55 bits per heavy atom. The highest BCUT2D eigenvalue weighted by molar-refractivity contribution is 7.86. The largest absolute Gasteiger partial charge is 0.378 e. The molecule has 124 valence electrons. The fourth-order valence-electron chi connectivity index (χ4n) is 2.34. The van der Waals surface area contributed by atoms with Gasteiger partial charge in [-0.3, -0.25) is 4.98 Å². The van der Waals surface area contributed by atoms with Crippen molar-refractivity contribution in [3.8, 4) is 0 Å². The van der Waals surface area contributed by atoms with Gasteiger partial charge in [-0.25, -0.2) is 0 Å². The van der Waals surface area contributed by atoms with Gasteiger partial charge in [-0.05, 0) is 19.1 Å². The predicted octanol–water partition coefficient (Wildman–Crippen LogP) is 0.636. The molecule has 8 heteroatoms.